The summed E-state index contributed by atoms with van der Waals surface area (Å²) in [5.74, 6) is 2.32. The number of nitrogens with one attached hydrogen (secondary N) is 1. The Balaban J connectivity index is 1.37. The van der Waals surface area contributed by atoms with Crippen LogP contribution in [0.4, 0.5) is 4.79 Å². The number of alkyl carbamates (subject to hydrolysis) is 1. The quantitative estimate of drug-likeness (QED) is 0.785. The summed E-state index contributed by atoms with van der Waals surface area (Å²) in [6.45, 7) is 6.37. The first-order valence-corrected chi connectivity index (χ1v) is 7.06. The van der Waals surface area contributed by atoms with Crippen LogP contribution in [0.5, 0.6) is 0 Å². The maximum Gasteiger partial charge on any atom is 0.407 e. The van der Waals surface area contributed by atoms with Crippen LogP contribution in [0.3, 0.4) is 0 Å². The smallest absolute Gasteiger partial charge is 0.407 e. The summed E-state index contributed by atoms with van der Waals surface area (Å²) in [5.41, 5.74) is -0.411. The molecule has 1 saturated heterocycles. The lowest BCUT2D eigenvalue weighted by Crippen LogP contribution is -2.34. The fourth-order valence-corrected chi connectivity index (χ4v) is 3.74. The van der Waals surface area contributed by atoms with E-state index >= 15 is 0 Å². The van der Waals surface area contributed by atoms with Crippen LogP contribution in [0, 0.1) is 17.8 Å². The molecule has 102 valence electrons. The molecule has 2 unspecified atom stereocenters. The lowest BCUT2D eigenvalue weighted by molar-refractivity contribution is 0.0523. The molecule has 2 saturated carbocycles. The van der Waals surface area contributed by atoms with E-state index in [2.05, 4.69) is 5.32 Å². The minimum absolute atomic E-state index is 0.300. The lowest BCUT2D eigenvalue weighted by atomic mass is 9.86. The second-order valence-corrected chi connectivity index (χ2v) is 6.94. The Labute approximate surface area is 108 Å². The van der Waals surface area contributed by atoms with Crippen LogP contribution in [0.25, 0.3) is 0 Å². The predicted octanol–water partition coefficient (Wildman–Crippen LogP) is 2.32. The van der Waals surface area contributed by atoms with Crippen LogP contribution in [0.15, 0.2) is 0 Å². The van der Waals surface area contributed by atoms with Gasteiger partial charge < -0.3 is 14.8 Å². The van der Waals surface area contributed by atoms with E-state index in [0.29, 0.717) is 12.2 Å². The summed E-state index contributed by atoms with van der Waals surface area (Å²) in [4.78, 5) is 11.5. The largest absolute Gasteiger partial charge is 0.444 e. The highest BCUT2D eigenvalue weighted by Crippen LogP contribution is 2.59. The summed E-state index contributed by atoms with van der Waals surface area (Å²) < 4.78 is 10.9. The van der Waals surface area contributed by atoms with Gasteiger partial charge in [-0.05, 0) is 57.8 Å². The number of hydrogen-bond acceptors (Lipinski definition) is 3. The zero-order valence-electron chi connectivity index (χ0n) is 11.4. The molecule has 1 heterocycles. The predicted molar refractivity (Wildman–Crippen MR) is 67.2 cm³/mol. The molecule has 3 rings (SSSR count). The normalized spacial score (nSPS) is 40.5. The number of rotatable bonds is 3. The average molecular weight is 253 g/mol. The summed E-state index contributed by atoms with van der Waals surface area (Å²) >= 11 is 0. The topological polar surface area (TPSA) is 50.9 Å². The van der Waals surface area contributed by atoms with Crippen molar-refractivity contribution in [2.24, 2.45) is 17.8 Å². The molecule has 1 amide bonds. The van der Waals surface area contributed by atoms with Crippen molar-refractivity contribution in [3.05, 3.63) is 0 Å². The number of amides is 1. The summed E-state index contributed by atoms with van der Waals surface area (Å²) in [6, 6.07) is 0. The fourth-order valence-electron chi connectivity index (χ4n) is 3.74. The van der Waals surface area contributed by atoms with E-state index in [1.165, 1.54) is 12.8 Å². The van der Waals surface area contributed by atoms with E-state index in [1.54, 1.807) is 0 Å². The van der Waals surface area contributed by atoms with Gasteiger partial charge in [0.1, 0.15) is 5.60 Å². The van der Waals surface area contributed by atoms with E-state index in [-0.39, 0.29) is 6.09 Å². The van der Waals surface area contributed by atoms with Gasteiger partial charge >= 0.3 is 6.09 Å². The van der Waals surface area contributed by atoms with Gasteiger partial charge in [-0.25, -0.2) is 4.79 Å². The Kier molecular flexibility index (Phi) is 2.81. The maximum atomic E-state index is 11.5. The van der Waals surface area contributed by atoms with E-state index in [9.17, 15) is 4.79 Å². The molecule has 3 fully saturated rings. The fraction of sp³-hybridized carbons (Fsp3) is 0.929. The number of carbonyl (C=O) groups excluding carboxylic acids is 1. The van der Waals surface area contributed by atoms with Gasteiger partial charge in [0.05, 0.1) is 12.2 Å². The molecule has 0 aromatic carbocycles. The number of epoxide rings is 1. The van der Waals surface area contributed by atoms with E-state index < -0.39 is 5.60 Å². The number of carbonyl (C=O) groups is 1. The van der Waals surface area contributed by atoms with E-state index in [1.807, 2.05) is 20.8 Å². The Morgan fingerprint density at radius 1 is 1.33 bits per heavy atom. The SMILES string of the molecule is CC(C)(C)OC(=O)NCC[C@@H]1C[C@@H]2C[C@@H]1C1OC12. The van der Waals surface area contributed by atoms with Gasteiger partial charge in [-0.15, -0.1) is 0 Å². The first-order chi connectivity index (χ1) is 8.44. The Morgan fingerprint density at radius 3 is 2.72 bits per heavy atom. The van der Waals surface area contributed by atoms with Crippen LogP contribution in [0.1, 0.15) is 40.0 Å². The van der Waals surface area contributed by atoms with Crippen LogP contribution in [0.2, 0.25) is 0 Å². The zero-order valence-corrected chi connectivity index (χ0v) is 11.4. The first kappa shape index (κ1) is 12.3. The van der Waals surface area contributed by atoms with Crippen molar-refractivity contribution in [1.29, 1.82) is 0 Å². The maximum absolute atomic E-state index is 11.5. The monoisotopic (exact) mass is 253 g/mol. The molecule has 0 radical (unpaired) electrons. The summed E-state index contributed by atoms with van der Waals surface area (Å²) in [7, 11) is 0. The molecule has 3 aliphatic rings. The highest BCUT2D eigenvalue weighted by molar-refractivity contribution is 5.67. The standard InChI is InChI=1S/C14H23NO3/c1-14(2,3)18-13(16)15-5-4-8-6-9-7-10(8)12-11(9)17-12/h8-12H,4-7H2,1-3H3,(H,15,16)/t8-,9-,10+,11?,12?/m1/s1. The average Bonchev–Trinajstić information content (AvgIpc) is 2.84. The van der Waals surface area contributed by atoms with Gasteiger partial charge in [0.15, 0.2) is 0 Å². The Bertz CT molecular complexity index is 349. The number of fused-ring (bicyclic) bond motifs is 5. The van der Waals surface area contributed by atoms with Gasteiger partial charge in [0.25, 0.3) is 0 Å². The third kappa shape index (κ3) is 2.35. The molecule has 18 heavy (non-hydrogen) atoms. The molecule has 1 aliphatic heterocycles. The third-order valence-corrected chi connectivity index (χ3v) is 4.42. The van der Waals surface area contributed by atoms with Crippen molar-refractivity contribution in [2.75, 3.05) is 6.54 Å². The van der Waals surface area contributed by atoms with Crippen LogP contribution >= 0.6 is 0 Å². The van der Waals surface area contributed by atoms with Crippen molar-refractivity contribution in [1.82, 2.24) is 5.32 Å². The van der Waals surface area contributed by atoms with Crippen LogP contribution in [-0.2, 0) is 9.47 Å². The molecule has 2 bridgehead atoms. The van der Waals surface area contributed by atoms with E-state index in [0.717, 1.165) is 30.7 Å². The molecule has 0 aromatic heterocycles. The second kappa shape index (κ2) is 4.12. The van der Waals surface area contributed by atoms with Crippen molar-refractivity contribution in [3.8, 4) is 0 Å². The molecular formula is C14H23NO3. The van der Waals surface area contributed by atoms with Crippen molar-refractivity contribution >= 4 is 6.09 Å². The van der Waals surface area contributed by atoms with Crippen molar-refractivity contribution in [2.45, 2.75) is 57.8 Å². The van der Waals surface area contributed by atoms with Gasteiger partial charge in [-0.1, -0.05) is 0 Å². The Morgan fingerprint density at radius 2 is 2.11 bits per heavy atom. The lowest BCUT2D eigenvalue weighted by Gasteiger charge is -2.22. The number of hydrogen-bond donors (Lipinski definition) is 1. The van der Waals surface area contributed by atoms with Crippen LogP contribution < -0.4 is 5.32 Å². The minimum Gasteiger partial charge on any atom is -0.444 e. The first-order valence-electron chi connectivity index (χ1n) is 7.06. The molecule has 2 aliphatic carbocycles. The molecule has 0 aromatic rings. The van der Waals surface area contributed by atoms with Gasteiger partial charge in [-0.3, -0.25) is 0 Å². The van der Waals surface area contributed by atoms with Gasteiger partial charge in [0, 0.05) is 6.54 Å². The molecule has 5 atom stereocenters. The van der Waals surface area contributed by atoms with E-state index in [4.69, 9.17) is 9.47 Å². The molecule has 4 heteroatoms. The van der Waals surface area contributed by atoms with Gasteiger partial charge in [0.2, 0.25) is 0 Å². The molecule has 0 spiro atoms. The van der Waals surface area contributed by atoms with Crippen molar-refractivity contribution in [3.63, 3.8) is 0 Å². The zero-order chi connectivity index (χ0) is 12.9. The molecule has 1 N–H and O–H groups in total. The van der Waals surface area contributed by atoms with Crippen molar-refractivity contribution < 1.29 is 14.3 Å². The highest BCUT2D eigenvalue weighted by Gasteiger charge is 2.62. The second-order valence-electron chi connectivity index (χ2n) is 6.94. The van der Waals surface area contributed by atoms with Crippen LogP contribution in [-0.4, -0.2) is 30.4 Å². The third-order valence-electron chi connectivity index (χ3n) is 4.42. The summed E-state index contributed by atoms with van der Waals surface area (Å²) in [6.07, 6.45) is 4.58. The minimum atomic E-state index is -0.411. The number of ether oxygens (including phenoxy) is 2. The molecule has 4 nitrogen and oxygen atoms in total. The van der Waals surface area contributed by atoms with Gasteiger partial charge in [-0.2, -0.15) is 0 Å². The highest BCUT2D eigenvalue weighted by atomic mass is 16.6. The Hall–Kier alpha value is -0.770. The summed E-state index contributed by atoms with van der Waals surface area (Å²) in [5, 5.41) is 2.85. The molecular weight excluding hydrogens is 230 g/mol.